The van der Waals surface area contributed by atoms with Crippen molar-refractivity contribution < 1.29 is 4.79 Å². The number of carbonyl (C=O) groups is 1. The van der Waals surface area contributed by atoms with Gasteiger partial charge >= 0.3 is 0 Å². The van der Waals surface area contributed by atoms with Crippen molar-refractivity contribution in [3.8, 4) is 0 Å². The van der Waals surface area contributed by atoms with Crippen LogP contribution in [0.3, 0.4) is 0 Å². The van der Waals surface area contributed by atoms with Gasteiger partial charge in [0.15, 0.2) is 5.96 Å². The first-order valence-corrected chi connectivity index (χ1v) is 11.3. The van der Waals surface area contributed by atoms with Gasteiger partial charge in [0.05, 0.1) is 6.54 Å². The summed E-state index contributed by atoms with van der Waals surface area (Å²) in [5.74, 6) is 1.11. The second-order valence-corrected chi connectivity index (χ2v) is 9.09. The molecule has 0 aliphatic carbocycles. The van der Waals surface area contributed by atoms with E-state index in [1.165, 1.54) is 10.4 Å². The van der Waals surface area contributed by atoms with E-state index in [9.17, 15) is 4.79 Å². The van der Waals surface area contributed by atoms with Crippen LogP contribution in [0.15, 0.2) is 46.8 Å². The number of rotatable bonds is 8. The molecule has 0 radical (unpaired) electrons. The first kappa shape index (κ1) is 24.7. The van der Waals surface area contributed by atoms with Gasteiger partial charge in [-0.05, 0) is 35.9 Å². The summed E-state index contributed by atoms with van der Waals surface area (Å²) < 4.78 is 0. The standard InChI is InChI=1S/C23H32N4OS.HI/c1-4-24-22(26-17-23(2,3)20-7-6-14-29-20)25-15-18-9-11-19(12-10-18)16-27-13-5-8-21(27)28;/h6-7,9-12,14H,4-5,8,13,15-17H2,1-3H3,(H2,24,25,26);1H. The topological polar surface area (TPSA) is 56.7 Å². The third-order valence-corrected chi connectivity index (χ3v) is 6.45. The van der Waals surface area contributed by atoms with Gasteiger partial charge in [-0.3, -0.25) is 4.79 Å². The monoisotopic (exact) mass is 540 g/mol. The van der Waals surface area contributed by atoms with Gasteiger partial charge in [-0.25, -0.2) is 4.99 Å². The van der Waals surface area contributed by atoms with Gasteiger partial charge in [0.1, 0.15) is 0 Å². The van der Waals surface area contributed by atoms with Crippen molar-refractivity contribution in [2.24, 2.45) is 4.99 Å². The average Bonchev–Trinajstić information content (AvgIpc) is 3.38. The zero-order valence-electron chi connectivity index (χ0n) is 18.1. The molecule has 2 N–H and O–H groups in total. The molecular formula is C23H33IN4OS. The number of halogens is 1. The minimum absolute atomic E-state index is 0. The van der Waals surface area contributed by atoms with Crippen LogP contribution in [0.25, 0.3) is 0 Å². The smallest absolute Gasteiger partial charge is 0.222 e. The molecule has 1 amide bonds. The van der Waals surface area contributed by atoms with Crippen molar-refractivity contribution in [2.75, 3.05) is 19.6 Å². The predicted molar refractivity (Wildman–Crippen MR) is 137 cm³/mol. The van der Waals surface area contributed by atoms with Gasteiger partial charge in [0, 0.05) is 42.9 Å². The number of nitrogens with zero attached hydrogens (tertiary/aromatic N) is 2. The molecule has 0 atom stereocenters. The van der Waals surface area contributed by atoms with Gasteiger partial charge in [0.25, 0.3) is 0 Å². The fraction of sp³-hybridized carbons (Fsp3) is 0.478. The Morgan fingerprint density at radius 3 is 2.50 bits per heavy atom. The van der Waals surface area contributed by atoms with E-state index in [1.807, 2.05) is 4.90 Å². The Labute approximate surface area is 201 Å². The lowest BCUT2D eigenvalue weighted by Gasteiger charge is -2.25. The maximum absolute atomic E-state index is 11.8. The Kier molecular flexibility index (Phi) is 9.61. The number of guanidine groups is 1. The van der Waals surface area contributed by atoms with Crippen LogP contribution in [0.2, 0.25) is 0 Å². The first-order valence-electron chi connectivity index (χ1n) is 10.4. The lowest BCUT2D eigenvalue weighted by atomic mass is 9.91. The van der Waals surface area contributed by atoms with Gasteiger partial charge in [-0.1, -0.05) is 44.2 Å². The van der Waals surface area contributed by atoms with Crippen molar-refractivity contribution in [1.29, 1.82) is 0 Å². The number of aliphatic imine (C=N–C) groups is 1. The molecule has 0 saturated carbocycles. The first-order chi connectivity index (χ1) is 14.0. The quantitative estimate of drug-likeness (QED) is 0.294. The lowest BCUT2D eigenvalue weighted by molar-refractivity contribution is -0.128. The Hall–Kier alpha value is -1.61. The third-order valence-electron chi connectivity index (χ3n) is 5.22. The molecule has 3 rings (SSSR count). The van der Waals surface area contributed by atoms with E-state index in [2.05, 4.69) is 73.2 Å². The van der Waals surface area contributed by atoms with Gasteiger partial charge < -0.3 is 15.5 Å². The van der Waals surface area contributed by atoms with Crippen LogP contribution in [-0.4, -0.2) is 36.4 Å². The molecule has 1 aliphatic rings. The molecule has 1 aromatic heterocycles. The van der Waals surface area contributed by atoms with Crippen LogP contribution in [0.1, 0.15) is 49.6 Å². The van der Waals surface area contributed by atoms with E-state index in [-0.39, 0.29) is 35.3 Å². The number of amides is 1. The van der Waals surface area contributed by atoms with Crippen LogP contribution in [0.4, 0.5) is 0 Å². The Bertz CT molecular complexity index is 818. The summed E-state index contributed by atoms with van der Waals surface area (Å²) in [6, 6.07) is 12.7. The molecule has 1 aromatic carbocycles. The maximum atomic E-state index is 11.8. The van der Waals surface area contributed by atoms with Crippen molar-refractivity contribution in [3.05, 3.63) is 57.8 Å². The van der Waals surface area contributed by atoms with Gasteiger partial charge in [-0.15, -0.1) is 35.3 Å². The highest BCUT2D eigenvalue weighted by molar-refractivity contribution is 14.0. The molecule has 5 nitrogen and oxygen atoms in total. The predicted octanol–water partition coefficient (Wildman–Crippen LogP) is 4.52. The number of hydrogen-bond donors (Lipinski definition) is 2. The largest absolute Gasteiger partial charge is 0.357 e. The minimum atomic E-state index is 0. The van der Waals surface area contributed by atoms with Crippen LogP contribution in [-0.2, 0) is 23.3 Å². The summed E-state index contributed by atoms with van der Waals surface area (Å²) in [4.78, 5) is 19.8. The van der Waals surface area contributed by atoms with E-state index < -0.39 is 0 Å². The van der Waals surface area contributed by atoms with Crippen LogP contribution in [0.5, 0.6) is 0 Å². The molecule has 30 heavy (non-hydrogen) atoms. The average molecular weight is 541 g/mol. The molecule has 2 heterocycles. The van der Waals surface area contributed by atoms with Crippen molar-refractivity contribution in [3.63, 3.8) is 0 Å². The van der Waals surface area contributed by atoms with E-state index in [0.717, 1.165) is 37.6 Å². The maximum Gasteiger partial charge on any atom is 0.222 e. The molecule has 0 spiro atoms. The summed E-state index contributed by atoms with van der Waals surface area (Å²) in [6.45, 7) is 10.4. The van der Waals surface area contributed by atoms with E-state index >= 15 is 0 Å². The summed E-state index contributed by atoms with van der Waals surface area (Å²) in [5.41, 5.74) is 2.39. The zero-order chi connectivity index (χ0) is 20.7. The SMILES string of the molecule is CCNC(=NCc1ccc(CN2CCCC2=O)cc1)NCC(C)(C)c1cccs1.I. The highest BCUT2D eigenvalue weighted by Gasteiger charge is 2.22. The summed E-state index contributed by atoms with van der Waals surface area (Å²) in [7, 11) is 0. The second kappa shape index (κ2) is 11.7. The number of benzene rings is 1. The number of carbonyl (C=O) groups excluding carboxylic acids is 1. The fourth-order valence-electron chi connectivity index (χ4n) is 3.41. The van der Waals surface area contributed by atoms with Crippen LogP contribution < -0.4 is 10.6 Å². The molecule has 0 bridgehead atoms. The minimum Gasteiger partial charge on any atom is -0.357 e. The fourth-order valence-corrected chi connectivity index (χ4v) is 4.26. The number of thiophene rings is 1. The molecule has 1 fully saturated rings. The molecule has 1 saturated heterocycles. The van der Waals surface area contributed by atoms with E-state index in [0.29, 0.717) is 19.5 Å². The summed E-state index contributed by atoms with van der Waals surface area (Å²) in [6.07, 6.45) is 1.67. The Morgan fingerprint density at radius 2 is 1.90 bits per heavy atom. The number of likely N-dealkylation sites (tertiary alicyclic amines) is 1. The van der Waals surface area contributed by atoms with E-state index in [4.69, 9.17) is 4.99 Å². The normalized spacial score (nSPS) is 14.6. The zero-order valence-corrected chi connectivity index (χ0v) is 21.3. The molecule has 0 unspecified atom stereocenters. The lowest BCUT2D eigenvalue weighted by Crippen LogP contribution is -2.43. The molecule has 7 heteroatoms. The van der Waals surface area contributed by atoms with Crippen molar-refractivity contribution in [2.45, 2.75) is 52.1 Å². The third kappa shape index (κ3) is 6.97. The molecular weight excluding hydrogens is 507 g/mol. The molecule has 1 aliphatic heterocycles. The van der Waals surface area contributed by atoms with Crippen LogP contribution >= 0.6 is 35.3 Å². The Morgan fingerprint density at radius 1 is 1.17 bits per heavy atom. The van der Waals surface area contributed by atoms with Gasteiger partial charge in [0.2, 0.25) is 5.91 Å². The second-order valence-electron chi connectivity index (χ2n) is 8.15. The number of nitrogens with one attached hydrogen (secondary N) is 2. The highest BCUT2D eigenvalue weighted by Crippen LogP contribution is 2.26. The van der Waals surface area contributed by atoms with Crippen molar-refractivity contribution >= 4 is 47.2 Å². The Balaban J connectivity index is 0.00000320. The van der Waals surface area contributed by atoms with Crippen LogP contribution in [0, 0.1) is 0 Å². The number of hydrogen-bond acceptors (Lipinski definition) is 3. The highest BCUT2D eigenvalue weighted by atomic mass is 127. The van der Waals surface area contributed by atoms with Gasteiger partial charge in [-0.2, -0.15) is 0 Å². The van der Waals surface area contributed by atoms with E-state index in [1.54, 1.807) is 11.3 Å². The van der Waals surface area contributed by atoms with Crippen molar-refractivity contribution in [1.82, 2.24) is 15.5 Å². The molecule has 164 valence electrons. The molecule has 2 aromatic rings. The summed E-state index contributed by atoms with van der Waals surface area (Å²) in [5, 5.41) is 8.94. The summed E-state index contributed by atoms with van der Waals surface area (Å²) >= 11 is 1.79.